The number of nitrogens with zero attached hydrogens (tertiary/aromatic N) is 1. The van der Waals surface area contributed by atoms with Gasteiger partial charge in [0.05, 0.1) is 29.2 Å². The second kappa shape index (κ2) is 10.5. The third kappa shape index (κ3) is 4.25. The van der Waals surface area contributed by atoms with Crippen molar-refractivity contribution in [3.63, 3.8) is 0 Å². The molecule has 41 heavy (non-hydrogen) atoms. The van der Waals surface area contributed by atoms with Gasteiger partial charge in [0.15, 0.2) is 34.7 Å². The highest BCUT2D eigenvalue weighted by Gasteiger charge is 2.73. The van der Waals surface area contributed by atoms with Gasteiger partial charge in [-0.25, -0.2) is 0 Å². The highest BCUT2D eigenvalue weighted by molar-refractivity contribution is 6.32. The van der Waals surface area contributed by atoms with Crippen molar-refractivity contribution < 1.29 is 38.9 Å². The first-order valence-electron chi connectivity index (χ1n) is 14.4. The number of hydrogen-bond acceptors (Lipinski definition) is 9. The number of Topliss-reactive ketones (excluding diaryl/α,β-unsaturated/α-hetero) is 4. The first kappa shape index (κ1) is 29.1. The fraction of sp³-hybridized carbons (Fsp3) is 0.581. The van der Waals surface area contributed by atoms with E-state index in [9.17, 15) is 34.2 Å². The van der Waals surface area contributed by atoms with E-state index >= 15 is 0 Å². The van der Waals surface area contributed by atoms with Gasteiger partial charge in [-0.1, -0.05) is 51.3 Å². The van der Waals surface area contributed by atoms with E-state index in [-0.39, 0.29) is 17.2 Å². The Kier molecular flexibility index (Phi) is 7.44. The third-order valence-corrected chi connectivity index (χ3v) is 9.92. The van der Waals surface area contributed by atoms with E-state index in [1.807, 2.05) is 0 Å². The first-order chi connectivity index (χ1) is 19.3. The molecule has 4 aliphatic rings. The summed E-state index contributed by atoms with van der Waals surface area (Å²) in [6.07, 6.45) is 4.63. The van der Waals surface area contributed by atoms with Gasteiger partial charge in [0.25, 0.3) is 0 Å². The molecule has 10 nitrogen and oxygen atoms in total. The number of amides is 1. The summed E-state index contributed by atoms with van der Waals surface area (Å²) >= 11 is 0. The number of phenolic OH excluding ortho intramolecular Hbond substituents is 1. The molecule has 10 heteroatoms. The second-order valence-electron chi connectivity index (χ2n) is 12.4. The van der Waals surface area contributed by atoms with Gasteiger partial charge in [-0.3, -0.25) is 28.9 Å². The van der Waals surface area contributed by atoms with Crippen LogP contribution < -0.4 is 5.73 Å². The molecule has 8 atom stereocenters. The van der Waals surface area contributed by atoms with Crippen LogP contribution in [0.25, 0.3) is 0 Å². The van der Waals surface area contributed by atoms with Crippen molar-refractivity contribution in [1.29, 1.82) is 0 Å². The number of aromatic hydroxyl groups is 1. The van der Waals surface area contributed by atoms with E-state index in [4.69, 9.17) is 10.5 Å². The number of primary amides is 1. The molecule has 0 spiro atoms. The van der Waals surface area contributed by atoms with Crippen molar-refractivity contribution in [3.8, 4) is 5.75 Å². The number of hydrogen-bond donors (Lipinski definition) is 3. The number of benzene rings is 1. The zero-order valence-corrected chi connectivity index (χ0v) is 23.7. The maximum atomic E-state index is 14.3. The van der Waals surface area contributed by atoms with Crippen LogP contribution >= 0.6 is 0 Å². The quantitative estimate of drug-likeness (QED) is 0.274. The van der Waals surface area contributed by atoms with Crippen molar-refractivity contribution in [2.24, 2.45) is 35.3 Å². The van der Waals surface area contributed by atoms with E-state index in [1.165, 1.54) is 11.0 Å². The molecule has 4 N–H and O–H groups in total. The molecule has 0 saturated heterocycles. The number of nitrogens with two attached hydrogens (primary N) is 1. The molecule has 2 unspecified atom stereocenters. The number of carbonyl (C=O) groups is 5. The molecule has 220 valence electrons. The van der Waals surface area contributed by atoms with Gasteiger partial charge < -0.3 is 20.7 Å². The van der Waals surface area contributed by atoms with Crippen LogP contribution in [0, 0.1) is 29.6 Å². The molecule has 5 rings (SSSR count). The van der Waals surface area contributed by atoms with Crippen LogP contribution in [0.2, 0.25) is 0 Å². The van der Waals surface area contributed by atoms with Crippen LogP contribution in [-0.4, -0.2) is 76.0 Å². The minimum Gasteiger partial charge on any atom is -0.507 e. The van der Waals surface area contributed by atoms with E-state index in [0.717, 1.165) is 38.5 Å². The van der Waals surface area contributed by atoms with E-state index < -0.39 is 76.4 Å². The zero-order valence-electron chi connectivity index (χ0n) is 23.7. The molecule has 0 aliphatic heterocycles. The molecule has 3 fully saturated rings. The number of likely N-dealkylation sites (N-methyl/N-ethyl adjacent to an activating group) is 1. The molecule has 3 saturated carbocycles. The topological polar surface area (TPSA) is 164 Å². The van der Waals surface area contributed by atoms with Gasteiger partial charge in [-0.2, -0.15) is 0 Å². The number of carbonyl (C=O) groups excluding carboxylic acids is 5. The van der Waals surface area contributed by atoms with Gasteiger partial charge in [0.2, 0.25) is 5.91 Å². The average molecular weight is 567 g/mol. The number of fused-ring (bicyclic) bond motifs is 3. The maximum absolute atomic E-state index is 14.3. The third-order valence-electron chi connectivity index (χ3n) is 9.92. The molecule has 1 amide bonds. The summed E-state index contributed by atoms with van der Waals surface area (Å²) in [5.74, 6) is -11.7. The number of ether oxygens (including phenoxy) is 1. The standard InChI is InChI=1S/C31H38N2O8/c1-14-17-12-9-13-18(34)20(17)25(35)21-19(14)27(41-15(2)16-10-7-5-6-8-11-16)23-24(33(3)4)26(36)22(30(32)39)29(38)31(23,40)28(21)37/h9,12-14,16,19,21-24,27,34,40H,2,5-8,10-11H2,1,3-4H3,(H2,32,39)/t14-,19+,21?,22?,23+,24-,27-,31-/m0/s1. The number of allylic oxidation sites excluding steroid dienone is 1. The monoisotopic (exact) mass is 566 g/mol. The average Bonchev–Trinajstić information content (AvgIpc) is 3.20. The highest BCUT2D eigenvalue weighted by atomic mass is 16.5. The van der Waals surface area contributed by atoms with Gasteiger partial charge >= 0.3 is 0 Å². The van der Waals surface area contributed by atoms with Crippen LogP contribution in [0.3, 0.4) is 0 Å². The lowest BCUT2D eigenvalue weighted by molar-refractivity contribution is -0.199. The predicted molar refractivity (Wildman–Crippen MR) is 147 cm³/mol. The Labute approximate surface area is 238 Å². The number of phenols is 1. The molecular formula is C31H38N2O8. The predicted octanol–water partition coefficient (Wildman–Crippen LogP) is 1.91. The van der Waals surface area contributed by atoms with Crippen molar-refractivity contribution in [1.82, 2.24) is 4.90 Å². The summed E-state index contributed by atoms with van der Waals surface area (Å²) in [5.41, 5.74) is 3.01. The van der Waals surface area contributed by atoms with Crippen molar-refractivity contribution >= 4 is 29.0 Å². The zero-order chi connectivity index (χ0) is 30.0. The molecule has 0 heterocycles. The number of rotatable bonds is 5. The Morgan fingerprint density at radius 3 is 2.29 bits per heavy atom. The first-order valence-corrected chi connectivity index (χ1v) is 14.4. The van der Waals surface area contributed by atoms with Gasteiger partial charge in [-0.05, 0) is 44.5 Å². The molecule has 0 bridgehead atoms. The Hall–Kier alpha value is -3.37. The molecule has 1 aromatic rings. The molecular weight excluding hydrogens is 528 g/mol. The molecule has 0 aromatic heterocycles. The Bertz CT molecular complexity index is 1330. The van der Waals surface area contributed by atoms with Crippen LogP contribution in [0.15, 0.2) is 30.5 Å². The highest BCUT2D eigenvalue weighted by Crippen LogP contribution is 2.56. The summed E-state index contributed by atoms with van der Waals surface area (Å²) in [6.45, 7) is 6.01. The summed E-state index contributed by atoms with van der Waals surface area (Å²) < 4.78 is 6.61. The maximum Gasteiger partial charge on any atom is 0.235 e. The van der Waals surface area contributed by atoms with Crippen LogP contribution in [0.4, 0.5) is 0 Å². The lowest BCUT2D eigenvalue weighted by atomic mass is 9.49. The van der Waals surface area contributed by atoms with E-state index in [2.05, 4.69) is 6.58 Å². The summed E-state index contributed by atoms with van der Waals surface area (Å²) in [7, 11) is 3.10. The van der Waals surface area contributed by atoms with Crippen LogP contribution in [0.5, 0.6) is 5.75 Å². The molecule has 1 aromatic carbocycles. The van der Waals surface area contributed by atoms with Crippen molar-refractivity contribution in [3.05, 3.63) is 41.7 Å². The number of aliphatic hydroxyl groups is 1. The van der Waals surface area contributed by atoms with Crippen LogP contribution in [0.1, 0.15) is 67.3 Å². The Morgan fingerprint density at radius 2 is 1.71 bits per heavy atom. The Balaban J connectivity index is 1.72. The fourth-order valence-electron chi connectivity index (χ4n) is 7.94. The molecule has 0 radical (unpaired) electrons. The second-order valence-corrected chi connectivity index (χ2v) is 12.4. The summed E-state index contributed by atoms with van der Waals surface area (Å²) in [4.78, 5) is 69.6. The number of ketones is 4. The van der Waals surface area contributed by atoms with E-state index in [1.54, 1.807) is 33.2 Å². The smallest absolute Gasteiger partial charge is 0.235 e. The van der Waals surface area contributed by atoms with Gasteiger partial charge in [0, 0.05) is 11.8 Å². The summed E-state index contributed by atoms with van der Waals surface area (Å²) in [6, 6.07) is 3.35. The molecule has 4 aliphatic carbocycles. The lowest BCUT2D eigenvalue weighted by Crippen LogP contribution is -2.78. The minimum absolute atomic E-state index is 0.0150. The van der Waals surface area contributed by atoms with Crippen molar-refractivity contribution in [2.45, 2.75) is 69.1 Å². The Morgan fingerprint density at radius 1 is 1.07 bits per heavy atom. The summed E-state index contributed by atoms with van der Waals surface area (Å²) in [5, 5.41) is 22.8. The normalized spacial score (nSPS) is 35.8. The van der Waals surface area contributed by atoms with Gasteiger partial charge in [-0.15, -0.1) is 0 Å². The van der Waals surface area contributed by atoms with E-state index in [0.29, 0.717) is 11.3 Å². The largest absolute Gasteiger partial charge is 0.507 e. The van der Waals surface area contributed by atoms with Crippen molar-refractivity contribution in [2.75, 3.05) is 14.1 Å². The van der Waals surface area contributed by atoms with Crippen LogP contribution in [-0.2, 0) is 23.9 Å². The SMILES string of the molecule is C=C(O[C@H]1[C@H]2C(C(=O)c3c(O)cccc3[C@@H]2C)C(=O)[C@]2(O)C(=O)C(C(N)=O)C(=O)[C@@H](N(C)C)[C@H]12)C1CCCCCC1. The lowest BCUT2D eigenvalue weighted by Gasteiger charge is -2.57. The fourth-order valence-corrected chi connectivity index (χ4v) is 7.94. The minimum atomic E-state index is -2.91. The van der Waals surface area contributed by atoms with Gasteiger partial charge in [0.1, 0.15) is 11.9 Å².